The third-order valence-electron chi connectivity index (χ3n) is 5.58. The minimum atomic E-state index is -0.705. The number of nitrogens with zero attached hydrogens (tertiary/aromatic N) is 1. The Morgan fingerprint density at radius 1 is 1.06 bits per heavy atom. The number of nitrogens with one attached hydrogen (secondary N) is 2. The highest BCUT2D eigenvalue weighted by Gasteiger charge is 2.28. The van der Waals surface area contributed by atoms with E-state index in [1.165, 1.54) is 12.1 Å². The van der Waals surface area contributed by atoms with Gasteiger partial charge in [0.2, 0.25) is 0 Å². The van der Waals surface area contributed by atoms with Gasteiger partial charge in [0.1, 0.15) is 0 Å². The number of hydrogen-bond acceptors (Lipinski definition) is 4. The number of benzene rings is 2. The van der Waals surface area contributed by atoms with Gasteiger partial charge in [-0.15, -0.1) is 11.3 Å². The van der Waals surface area contributed by atoms with Crippen molar-refractivity contribution in [1.29, 1.82) is 0 Å². The van der Waals surface area contributed by atoms with Crippen LogP contribution in [-0.2, 0) is 4.79 Å². The van der Waals surface area contributed by atoms with Crippen molar-refractivity contribution >= 4 is 46.3 Å². The van der Waals surface area contributed by atoms with E-state index in [4.69, 9.17) is 16.7 Å². The first-order valence-corrected chi connectivity index (χ1v) is 11.4. The van der Waals surface area contributed by atoms with Crippen LogP contribution in [-0.4, -0.2) is 22.1 Å². The lowest BCUT2D eigenvalue weighted by Gasteiger charge is -2.24. The molecule has 166 valence electrons. The van der Waals surface area contributed by atoms with E-state index in [1.807, 2.05) is 18.3 Å². The van der Waals surface area contributed by atoms with Gasteiger partial charge in [-0.3, -0.25) is 4.79 Å². The van der Waals surface area contributed by atoms with Crippen molar-refractivity contribution in [3.63, 3.8) is 0 Å². The average Bonchev–Trinajstić information content (AvgIpc) is 3.28. The molecule has 2 aromatic carbocycles. The number of halogens is 2. The number of aromatic nitrogens is 1. The number of amides is 2. The summed E-state index contributed by atoms with van der Waals surface area (Å²) in [6.07, 6.45) is 4.90. The quantitative estimate of drug-likeness (QED) is 0.389. The molecular weight excluding hydrogens is 453 g/mol. The predicted octanol–water partition coefficient (Wildman–Crippen LogP) is 6.61. The van der Waals surface area contributed by atoms with Gasteiger partial charge in [0, 0.05) is 17.8 Å². The van der Waals surface area contributed by atoms with Crippen LogP contribution in [0, 0.1) is 11.7 Å². The van der Waals surface area contributed by atoms with E-state index in [0.29, 0.717) is 24.4 Å². The number of carbonyl (C=O) groups is 2. The molecule has 0 spiro atoms. The Balaban J connectivity index is 1.36. The minimum Gasteiger partial charge on any atom is -0.481 e. The SMILES string of the molecule is O=C(Nc1ccc(-c2cnc(C3CCC(C(=O)O)CC3)s2)cc1)Nc1cccc(Cl)c1F. The standard InChI is InChI=1S/C23H21ClFN3O3S/c24-17-2-1-3-18(20(17)25)28-23(31)27-16-10-8-13(9-11-16)19-12-26-21(32-19)14-4-6-15(7-5-14)22(29)30/h1-3,8-12,14-15H,4-7H2,(H,29,30)(H2,27,28,31). The lowest BCUT2D eigenvalue weighted by Crippen LogP contribution is -2.20. The maximum atomic E-state index is 13.9. The van der Waals surface area contributed by atoms with Crippen LogP contribution in [0.4, 0.5) is 20.6 Å². The van der Waals surface area contributed by atoms with Crippen LogP contribution in [0.1, 0.15) is 36.6 Å². The third-order valence-corrected chi connectivity index (χ3v) is 7.08. The Morgan fingerprint density at radius 3 is 2.47 bits per heavy atom. The normalized spacial score (nSPS) is 18.2. The summed E-state index contributed by atoms with van der Waals surface area (Å²) in [4.78, 5) is 28.9. The van der Waals surface area contributed by atoms with Crippen molar-refractivity contribution in [2.45, 2.75) is 31.6 Å². The molecule has 0 saturated heterocycles. The van der Waals surface area contributed by atoms with Crippen LogP contribution >= 0.6 is 22.9 Å². The first-order chi connectivity index (χ1) is 15.4. The molecule has 1 aromatic heterocycles. The highest BCUT2D eigenvalue weighted by atomic mass is 35.5. The van der Waals surface area contributed by atoms with Gasteiger partial charge in [-0.05, 0) is 55.5 Å². The molecule has 1 fully saturated rings. The predicted molar refractivity (Wildman–Crippen MR) is 124 cm³/mol. The molecule has 3 N–H and O–H groups in total. The Labute approximate surface area is 193 Å². The molecule has 9 heteroatoms. The molecule has 1 saturated carbocycles. The first-order valence-electron chi connectivity index (χ1n) is 10.2. The molecule has 1 heterocycles. The molecule has 32 heavy (non-hydrogen) atoms. The molecule has 1 aliphatic carbocycles. The zero-order valence-corrected chi connectivity index (χ0v) is 18.5. The maximum Gasteiger partial charge on any atom is 0.323 e. The van der Waals surface area contributed by atoms with Crippen molar-refractivity contribution in [2.75, 3.05) is 10.6 Å². The molecule has 4 rings (SSSR count). The number of rotatable bonds is 5. The van der Waals surface area contributed by atoms with Gasteiger partial charge >= 0.3 is 12.0 Å². The van der Waals surface area contributed by atoms with E-state index in [0.717, 1.165) is 28.3 Å². The molecule has 2 amide bonds. The molecule has 0 radical (unpaired) electrons. The van der Waals surface area contributed by atoms with Gasteiger partial charge in [-0.25, -0.2) is 14.2 Å². The Kier molecular flexibility index (Phi) is 6.72. The monoisotopic (exact) mass is 473 g/mol. The molecule has 0 atom stereocenters. The number of carbonyl (C=O) groups excluding carboxylic acids is 1. The highest BCUT2D eigenvalue weighted by molar-refractivity contribution is 7.15. The zero-order valence-electron chi connectivity index (χ0n) is 17.0. The topological polar surface area (TPSA) is 91.3 Å². The van der Waals surface area contributed by atoms with E-state index in [9.17, 15) is 14.0 Å². The summed E-state index contributed by atoms with van der Waals surface area (Å²) in [6, 6.07) is 11.1. The summed E-state index contributed by atoms with van der Waals surface area (Å²) >= 11 is 7.34. The summed E-state index contributed by atoms with van der Waals surface area (Å²) in [5, 5.41) is 15.2. The minimum absolute atomic E-state index is 0.00111. The van der Waals surface area contributed by atoms with Crippen LogP contribution < -0.4 is 10.6 Å². The number of carboxylic acid groups (broad SMARTS) is 1. The van der Waals surface area contributed by atoms with Crippen molar-refractivity contribution in [3.8, 4) is 10.4 Å². The first kappa shape index (κ1) is 22.2. The van der Waals surface area contributed by atoms with Crippen LogP contribution in [0.25, 0.3) is 10.4 Å². The Hall–Kier alpha value is -2.97. The van der Waals surface area contributed by atoms with Crippen molar-refractivity contribution in [3.05, 3.63) is 64.5 Å². The summed E-state index contributed by atoms with van der Waals surface area (Å²) in [5.74, 6) is -1.32. The average molecular weight is 474 g/mol. The fourth-order valence-electron chi connectivity index (χ4n) is 3.80. The summed E-state index contributed by atoms with van der Waals surface area (Å²) in [7, 11) is 0. The Bertz CT molecular complexity index is 1130. The van der Waals surface area contributed by atoms with Crippen molar-refractivity contribution < 1.29 is 19.1 Å². The molecule has 0 aliphatic heterocycles. The third kappa shape index (κ3) is 5.08. The van der Waals surface area contributed by atoms with Crippen molar-refractivity contribution in [1.82, 2.24) is 4.98 Å². The molecule has 0 unspecified atom stereocenters. The Morgan fingerprint density at radius 2 is 1.78 bits per heavy atom. The van der Waals surface area contributed by atoms with Crippen molar-refractivity contribution in [2.24, 2.45) is 5.92 Å². The number of thiazole rings is 1. The molecule has 1 aliphatic rings. The fourth-order valence-corrected chi connectivity index (χ4v) is 5.07. The largest absolute Gasteiger partial charge is 0.481 e. The second kappa shape index (κ2) is 9.67. The van der Waals surface area contributed by atoms with E-state index >= 15 is 0 Å². The second-order valence-corrected chi connectivity index (χ2v) is 9.18. The van der Waals surface area contributed by atoms with Crippen LogP contribution in [0.15, 0.2) is 48.7 Å². The zero-order chi connectivity index (χ0) is 22.7. The van der Waals surface area contributed by atoms with Crippen LogP contribution in [0.2, 0.25) is 5.02 Å². The lowest BCUT2D eigenvalue weighted by molar-refractivity contribution is -0.142. The van der Waals surface area contributed by atoms with E-state index in [-0.39, 0.29) is 16.6 Å². The smallest absolute Gasteiger partial charge is 0.323 e. The lowest BCUT2D eigenvalue weighted by atomic mass is 9.82. The fraction of sp³-hybridized carbons (Fsp3) is 0.261. The number of hydrogen-bond donors (Lipinski definition) is 3. The van der Waals surface area contributed by atoms with E-state index in [1.54, 1.807) is 29.5 Å². The molecule has 3 aromatic rings. The van der Waals surface area contributed by atoms with Gasteiger partial charge < -0.3 is 15.7 Å². The van der Waals surface area contributed by atoms with E-state index < -0.39 is 17.8 Å². The second-order valence-electron chi connectivity index (χ2n) is 7.71. The number of aliphatic carboxylic acids is 1. The number of carboxylic acids is 1. The van der Waals surface area contributed by atoms with Gasteiger partial charge in [-0.2, -0.15) is 0 Å². The van der Waals surface area contributed by atoms with E-state index in [2.05, 4.69) is 15.6 Å². The van der Waals surface area contributed by atoms with Crippen LogP contribution in [0.3, 0.4) is 0 Å². The molecule has 6 nitrogen and oxygen atoms in total. The van der Waals surface area contributed by atoms with Crippen LogP contribution in [0.5, 0.6) is 0 Å². The van der Waals surface area contributed by atoms with Gasteiger partial charge in [0.15, 0.2) is 5.82 Å². The molecular formula is C23H21ClFN3O3S. The number of urea groups is 1. The highest BCUT2D eigenvalue weighted by Crippen LogP contribution is 2.39. The van der Waals surface area contributed by atoms with Gasteiger partial charge in [-0.1, -0.05) is 29.8 Å². The maximum absolute atomic E-state index is 13.9. The van der Waals surface area contributed by atoms with Gasteiger partial charge in [0.05, 0.1) is 26.5 Å². The molecule has 0 bridgehead atoms. The van der Waals surface area contributed by atoms with Gasteiger partial charge in [0.25, 0.3) is 0 Å². The number of anilines is 2. The summed E-state index contributed by atoms with van der Waals surface area (Å²) in [6.45, 7) is 0. The summed E-state index contributed by atoms with van der Waals surface area (Å²) in [5.41, 5.74) is 1.53. The summed E-state index contributed by atoms with van der Waals surface area (Å²) < 4.78 is 13.9.